The highest BCUT2D eigenvalue weighted by atomic mass is 32.2. The van der Waals surface area contributed by atoms with E-state index in [-0.39, 0.29) is 16.8 Å². The van der Waals surface area contributed by atoms with Crippen molar-refractivity contribution in [1.82, 2.24) is 14.8 Å². The number of amides is 1. The number of non-ortho nitro benzene ring substituents is 1. The van der Waals surface area contributed by atoms with Crippen LogP contribution < -0.4 is 0 Å². The van der Waals surface area contributed by atoms with E-state index in [1.807, 2.05) is 24.0 Å². The third-order valence-corrected chi connectivity index (χ3v) is 5.65. The lowest BCUT2D eigenvalue weighted by Gasteiger charge is -2.35. The van der Waals surface area contributed by atoms with E-state index in [1.165, 1.54) is 29.5 Å². The number of hydrogen-bond donors (Lipinski definition) is 0. The van der Waals surface area contributed by atoms with E-state index >= 15 is 0 Å². The Morgan fingerprint density at radius 3 is 2.37 bits per heavy atom. The molecule has 2 aromatic rings. The molecule has 1 aromatic carbocycles. The van der Waals surface area contributed by atoms with Crippen LogP contribution in [0.25, 0.3) is 0 Å². The maximum atomic E-state index is 12.7. The zero-order valence-electron chi connectivity index (χ0n) is 15.2. The Morgan fingerprint density at radius 1 is 1.15 bits per heavy atom. The minimum absolute atomic E-state index is 0.0589. The number of hydrogen-bond acceptors (Lipinski definition) is 6. The van der Waals surface area contributed by atoms with E-state index in [4.69, 9.17) is 0 Å². The average Bonchev–Trinajstić information content (AvgIpc) is 2.69. The number of benzene rings is 1. The lowest BCUT2D eigenvalue weighted by molar-refractivity contribution is -0.384. The zero-order valence-corrected chi connectivity index (χ0v) is 16.0. The monoisotopic (exact) mass is 386 g/mol. The smallest absolute Gasteiger partial charge is 0.269 e. The lowest BCUT2D eigenvalue weighted by Crippen LogP contribution is -2.50. The molecule has 0 saturated carbocycles. The summed E-state index contributed by atoms with van der Waals surface area (Å²) in [6.07, 6.45) is 3.60. The molecule has 1 atom stereocenters. The van der Waals surface area contributed by atoms with Gasteiger partial charge in [0, 0.05) is 62.1 Å². The molecule has 142 valence electrons. The summed E-state index contributed by atoms with van der Waals surface area (Å²) < 4.78 is 0. The first-order valence-corrected chi connectivity index (χ1v) is 9.72. The third kappa shape index (κ3) is 5.27. The van der Waals surface area contributed by atoms with Crippen LogP contribution in [0, 0.1) is 10.1 Å². The minimum atomic E-state index is -0.422. The van der Waals surface area contributed by atoms with Crippen molar-refractivity contribution in [2.24, 2.45) is 0 Å². The standard InChI is InChI=1S/C19H22N4O3S/c1-15(27-18-4-2-17(3-5-18)23(25)26)19(24)22-12-10-21(11-13-22)14-16-6-8-20-9-7-16/h2-9,15H,10-14H2,1H3/t15-/m1/s1. The predicted octanol–water partition coefficient (Wildman–Crippen LogP) is 2.81. The SMILES string of the molecule is C[C@@H](Sc1ccc([N+](=O)[O-])cc1)C(=O)N1CCN(Cc2ccncc2)CC1. The van der Waals surface area contributed by atoms with Gasteiger partial charge in [-0.05, 0) is 36.8 Å². The number of thioether (sulfide) groups is 1. The van der Waals surface area contributed by atoms with Crippen molar-refractivity contribution in [3.8, 4) is 0 Å². The number of nitro benzene ring substituents is 1. The molecular formula is C19H22N4O3S. The van der Waals surface area contributed by atoms with Gasteiger partial charge in [-0.3, -0.25) is 24.8 Å². The summed E-state index contributed by atoms with van der Waals surface area (Å²) in [4.78, 5) is 32.2. The van der Waals surface area contributed by atoms with Crippen molar-refractivity contribution >= 4 is 23.4 Å². The molecule has 1 aliphatic heterocycles. The highest BCUT2D eigenvalue weighted by molar-refractivity contribution is 8.00. The number of piperazine rings is 1. The van der Waals surface area contributed by atoms with Gasteiger partial charge in [-0.15, -0.1) is 11.8 Å². The first-order valence-electron chi connectivity index (χ1n) is 8.84. The van der Waals surface area contributed by atoms with Crippen LogP contribution in [0.4, 0.5) is 5.69 Å². The fraction of sp³-hybridized carbons (Fsp3) is 0.368. The van der Waals surface area contributed by atoms with Crippen molar-refractivity contribution in [2.75, 3.05) is 26.2 Å². The Morgan fingerprint density at radius 2 is 1.78 bits per heavy atom. The Hall–Kier alpha value is -2.45. The normalized spacial score (nSPS) is 16.1. The van der Waals surface area contributed by atoms with E-state index in [2.05, 4.69) is 9.88 Å². The molecule has 1 fully saturated rings. The number of pyridine rings is 1. The molecule has 3 rings (SSSR count). The fourth-order valence-electron chi connectivity index (χ4n) is 3.03. The van der Waals surface area contributed by atoms with Crippen LogP contribution in [-0.4, -0.2) is 57.0 Å². The van der Waals surface area contributed by atoms with Crippen LogP contribution >= 0.6 is 11.8 Å². The van der Waals surface area contributed by atoms with E-state index < -0.39 is 4.92 Å². The van der Waals surface area contributed by atoms with E-state index in [9.17, 15) is 14.9 Å². The third-order valence-electron chi connectivity index (χ3n) is 4.55. The van der Waals surface area contributed by atoms with Crippen molar-refractivity contribution < 1.29 is 9.72 Å². The summed E-state index contributed by atoms with van der Waals surface area (Å²) in [6.45, 7) is 5.89. The second-order valence-electron chi connectivity index (χ2n) is 6.47. The van der Waals surface area contributed by atoms with Crippen LogP contribution in [0.1, 0.15) is 12.5 Å². The Balaban J connectivity index is 1.48. The number of carbonyl (C=O) groups excluding carboxylic acids is 1. The average molecular weight is 386 g/mol. The molecule has 0 spiro atoms. The van der Waals surface area contributed by atoms with Crippen LogP contribution in [-0.2, 0) is 11.3 Å². The van der Waals surface area contributed by atoms with Crippen LogP contribution in [0.15, 0.2) is 53.7 Å². The Bertz CT molecular complexity index is 777. The second kappa shape index (κ2) is 8.96. The molecule has 0 aliphatic carbocycles. The second-order valence-corrected chi connectivity index (χ2v) is 7.88. The zero-order chi connectivity index (χ0) is 19.2. The molecule has 27 heavy (non-hydrogen) atoms. The first-order chi connectivity index (χ1) is 13.0. The molecule has 1 aromatic heterocycles. The summed E-state index contributed by atoms with van der Waals surface area (Å²) in [6, 6.07) is 10.4. The molecule has 0 N–H and O–H groups in total. The molecule has 0 radical (unpaired) electrons. The predicted molar refractivity (Wildman–Crippen MR) is 105 cm³/mol. The van der Waals surface area contributed by atoms with Gasteiger partial charge in [0.2, 0.25) is 5.91 Å². The van der Waals surface area contributed by atoms with E-state index in [0.717, 1.165) is 37.6 Å². The summed E-state index contributed by atoms with van der Waals surface area (Å²) in [5, 5.41) is 10.5. The van der Waals surface area contributed by atoms with Gasteiger partial charge in [0.15, 0.2) is 0 Å². The van der Waals surface area contributed by atoms with Crippen LogP contribution in [0.3, 0.4) is 0 Å². The number of aromatic nitrogens is 1. The molecule has 1 aliphatic rings. The number of nitrogens with zero attached hydrogens (tertiary/aromatic N) is 4. The number of carbonyl (C=O) groups is 1. The van der Waals surface area contributed by atoms with Crippen molar-refractivity contribution in [1.29, 1.82) is 0 Å². The molecule has 0 bridgehead atoms. The van der Waals surface area contributed by atoms with Gasteiger partial charge in [0.25, 0.3) is 5.69 Å². The topological polar surface area (TPSA) is 79.6 Å². The Kier molecular flexibility index (Phi) is 6.41. The molecule has 0 unspecified atom stereocenters. The summed E-state index contributed by atoms with van der Waals surface area (Å²) in [7, 11) is 0. The number of rotatable bonds is 6. The van der Waals surface area contributed by atoms with Gasteiger partial charge in [-0.25, -0.2) is 0 Å². The van der Waals surface area contributed by atoms with Gasteiger partial charge < -0.3 is 4.90 Å². The van der Waals surface area contributed by atoms with Gasteiger partial charge >= 0.3 is 0 Å². The first kappa shape index (κ1) is 19.3. The highest BCUT2D eigenvalue weighted by Crippen LogP contribution is 2.26. The minimum Gasteiger partial charge on any atom is -0.339 e. The van der Waals surface area contributed by atoms with Gasteiger partial charge in [0.05, 0.1) is 10.2 Å². The van der Waals surface area contributed by atoms with Gasteiger partial charge in [-0.1, -0.05) is 0 Å². The molecular weight excluding hydrogens is 364 g/mol. The van der Waals surface area contributed by atoms with E-state index in [1.54, 1.807) is 24.5 Å². The van der Waals surface area contributed by atoms with Crippen molar-refractivity contribution in [2.45, 2.75) is 23.6 Å². The van der Waals surface area contributed by atoms with Crippen LogP contribution in [0.2, 0.25) is 0 Å². The molecule has 1 amide bonds. The van der Waals surface area contributed by atoms with E-state index in [0.29, 0.717) is 0 Å². The van der Waals surface area contributed by atoms with Crippen LogP contribution in [0.5, 0.6) is 0 Å². The molecule has 1 saturated heterocycles. The van der Waals surface area contributed by atoms with Gasteiger partial charge in [0.1, 0.15) is 0 Å². The maximum Gasteiger partial charge on any atom is 0.269 e. The maximum absolute atomic E-state index is 12.7. The Labute approximate surface area is 162 Å². The largest absolute Gasteiger partial charge is 0.339 e. The fourth-order valence-corrected chi connectivity index (χ4v) is 3.98. The van der Waals surface area contributed by atoms with Crippen molar-refractivity contribution in [3.63, 3.8) is 0 Å². The lowest BCUT2D eigenvalue weighted by atomic mass is 10.2. The summed E-state index contributed by atoms with van der Waals surface area (Å²) >= 11 is 1.43. The summed E-state index contributed by atoms with van der Waals surface area (Å²) in [5.41, 5.74) is 1.29. The molecule has 8 heteroatoms. The molecule has 2 heterocycles. The quantitative estimate of drug-likeness (QED) is 0.431. The summed E-state index contributed by atoms with van der Waals surface area (Å²) in [5.74, 6) is 0.113. The van der Waals surface area contributed by atoms with Crippen molar-refractivity contribution in [3.05, 3.63) is 64.5 Å². The van der Waals surface area contributed by atoms with Gasteiger partial charge in [-0.2, -0.15) is 0 Å². The highest BCUT2D eigenvalue weighted by Gasteiger charge is 2.25. The molecule has 7 nitrogen and oxygen atoms in total. The number of nitro groups is 1.